The molecule has 1 atom stereocenters. The Kier molecular flexibility index (Phi) is 5.81. The Morgan fingerprint density at radius 3 is 2.11 bits per heavy atom. The molecule has 1 N–H and O–H groups in total. The Morgan fingerprint density at radius 1 is 0.852 bits per heavy atom. The highest BCUT2D eigenvalue weighted by atomic mass is 19.3. The first-order valence-corrected chi connectivity index (χ1v) is 8.51. The molecule has 0 spiro atoms. The average molecular weight is 367 g/mol. The molecule has 3 aromatic carbocycles. The number of ether oxygens (including phenoxy) is 1. The molecule has 0 saturated carbocycles. The van der Waals surface area contributed by atoms with Gasteiger partial charge in [0.15, 0.2) is 0 Å². The predicted molar refractivity (Wildman–Crippen MR) is 100 cm³/mol. The van der Waals surface area contributed by atoms with Crippen molar-refractivity contribution in [2.24, 2.45) is 0 Å². The molecule has 0 aliphatic rings. The first-order chi connectivity index (χ1) is 13.0. The molecule has 3 aromatic rings. The van der Waals surface area contributed by atoms with Crippen LogP contribution in [0.25, 0.3) is 0 Å². The fourth-order valence-corrected chi connectivity index (χ4v) is 2.83. The van der Waals surface area contributed by atoms with Gasteiger partial charge in [-0.2, -0.15) is 8.78 Å². The summed E-state index contributed by atoms with van der Waals surface area (Å²) in [5.41, 5.74) is 2.95. The van der Waals surface area contributed by atoms with Gasteiger partial charge in [0.05, 0.1) is 11.6 Å². The quantitative estimate of drug-likeness (QED) is 0.657. The van der Waals surface area contributed by atoms with Crippen LogP contribution in [0, 0.1) is 6.92 Å². The van der Waals surface area contributed by atoms with Crippen molar-refractivity contribution in [3.05, 3.63) is 101 Å². The highest BCUT2D eigenvalue weighted by Gasteiger charge is 2.21. The molecule has 138 valence electrons. The zero-order valence-electron chi connectivity index (χ0n) is 14.7. The molecule has 1 unspecified atom stereocenters. The van der Waals surface area contributed by atoms with Crippen molar-refractivity contribution in [2.75, 3.05) is 0 Å². The lowest BCUT2D eigenvalue weighted by molar-refractivity contribution is -0.0501. The van der Waals surface area contributed by atoms with E-state index in [9.17, 15) is 13.6 Å². The number of benzene rings is 3. The number of halogens is 2. The van der Waals surface area contributed by atoms with Crippen LogP contribution in [0.1, 0.15) is 33.1 Å². The smallest absolute Gasteiger partial charge is 0.387 e. The van der Waals surface area contributed by atoms with E-state index >= 15 is 0 Å². The van der Waals surface area contributed by atoms with Crippen LogP contribution in [0.5, 0.6) is 5.75 Å². The molecule has 0 aromatic heterocycles. The fourth-order valence-electron chi connectivity index (χ4n) is 2.83. The third-order valence-electron chi connectivity index (χ3n) is 4.17. The summed E-state index contributed by atoms with van der Waals surface area (Å²) in [4.78, 5) is 12.8. The lowest BCUT2D eigenvalue weighted by Gasteiger charge is -2.21. The van der Waals surface area contributed by atoms with E-state index in [-0.39, 0.29) is 11.3 Å². The second-order valence-electron chi connectivity index (χ2n) is 6.10. The van der Waals surface area contributed by atoms with E-state index in [1.165, 1.54) is 12.1 Å². The second-order valence-corrected chi connectivity index (χ2v) is 6.10. The number of alkyl halides is 2. The molecule has 0 saturated heterocycles. The minimum Gasteiger partial charge on any atom is -0.434 e. The minimum absolute atomic E-state index is 0.0610. The average Bonchev–Trinajstić information content (AvgIpc) is 2.67. The molecule has 3 rings (SSSR count). The van der Waals surface area contributed by atoms with E-state index in [4.69, 9.17) is 0 Å². The van der Waals surface area contributed by atoms with E-state index in [1.54, 1.807) is 12.1 Å². The van der Waals surface area contributed by atoms with Gasteiger partial charge in [-0.15, -0.1) is 0 Å². The Labute approximate surface area is 156 Å². The van der Waals surface area contributed by atoms with Gasteiger partial charge in [-0.3, -0.25) is 4.79 Å². The molecular formula is C22H19F2NO2. The summed E-state index contributed by atoms with van der Waals surface area (Å²) < 4.78 is 29.8. The topological polar surface area (TPSA) is 38.3 Å². The molecule has 5 heteroatoms. The molecule has 0 bridgehead atoms. The Hall–Kier alpha value is -3.21. The van der Waals surface area contributed by atoms with E-state index in [0.717, 1.165) is 16.7 Å². The van der Waals surface area contributed by atoms with Gasteiger partial charge in [-0.25, -0.2) is 0 Å². The third-order valence-corrected chi connectivity index (χ3v) is 4.17. The summed E-state index contributed by atoms with van der Waals surface area (Å²) in [6.07, 6.45) is 0. The summed E-state index contributed by atoms with van der Waals surface area (Å²) in [5.74, 6) is -0.638. The monoisotopic (exact) mass is 367 g/mol. The zero-order chi connectivity index (χ0) is 19.2. The van der Waals surface area contributed by atoms with Crippen molar-refractivity contribution in [3.8, 4) is 5.75 Å². The largest absolute Gasteiger partial charge is 0.434 e. The first kappa shape index (κ1) is 18.6. The van der Waals surface area contributed by atoms with Gasteiger partial charge in [0.25, 0.3) is 5.91 Å². The molecule has 0 aliphatic heterocycles. The number of aryl methyl sites for hydroxylation is 1. The van der Waals surface area contributed by atoms with E-state index in [1.807, 2.05) is 61.5 Å². The maximum absolute atomic E-state index is 12.8. The SMILES string of the molecule is Cc1ccc(C(NC(=O)c2ccccc2OC(F)F)c2ccccc2)cc1. The van der Waals surface area contributed by atoms with Crippen molar-refractivity contribution in [3.63, 3.8) is 0 Å². The van der Waals surface area contributed by atoms with Gasteiger partial charge in [0.2, 0.25) is 0 Å². The van der Waals surface area contributed by atoms with Gasteiger partial charge in [-0.05, 0) is 30.2 Å². The van der Waals surface area contributed by atoms with Crippen LogP contribution in [-0.2, 0) is 0 Å². The second kappa shape index (κ2) is 8.45. The summed E-state index contributed by atoms with van der Waals surface area (Å²) in [5, 5.41) is 2.94. The molecule has 0 radical (unpaired) electrons. The lowest BCUT2D eigenvalue weighted by atomic mass is 9.97. The van der Waals surface area contributed by atoms with Crippen molar-refractivity contribution in [1.29, 1.82) is 0 Å². The van der Waals surface area contributed by atoms with Crippen molar-refractivity contribution < 1.29 is 18.3 Å². The molecular weight excluding hydrogens is 348 g/mol. The fraction of sp³-hybridized carbons (Fsp3) is 0.136. The summed E-state index contributed by atoms with van der Waals surface area (Å²) >= 11 is 0. The van der Waals surface area contributed by atoms with Gasteiger partial charge in [0, 0.05) is 0 Å². The Bertz CT molecular complexity index is 896. The highest BCUT2D eigenvalue weighted by Crippen LogP contribution is 2.25. The standard InChI is InChI=1S/C22H19F2NO2/c1-15-11-13-17(14-12-15)20(16-7-3-2-4-8-16)25-21(26)18-9-5-6-10-19(18)27-22(23)24/h2-14,20,22H,1H3,(H,25,26). The lowest BCUT2D eigenvalue weighted by Crippen LogP contribution is -2.29. The number of hydrogen-bond donors (Lipinski definition) is 1. The molecule has 27 heavy (non-hydrogen) atoms. The van der Waals surface area contributed by atoms with Crippen LogP contribution in [0.3, 0.4) is 0 Å². The summed E-state index contributed by atoms with van der Waals surface area (Å²) in [6, 6.07) is 22.8. The predicted octanol–water partition coefficient (Wildman–Crippen LogP) is 5.12. The number of carbonyl (C=O) groups is 1. The maximum Gasteiger partial charge on any atom is 0.387 e. The molecule has 3 nitrogen and oxygen atoms in total. The van der Waals surface area contributed by atoms with Crippen LogP contribution < -0.4 is 10.1 Å². The van der Waals surface area contributed by atoms with Crippen LogP contribution in [0.15, 0.2) is 78.9 Å². The van der Waals surface area contributed by atoms with Crippen molar-refractivity contribution in [1.82, 2.24) is 5.32 Å². The maximum atomic E-state index is 12.8. The molecule has 0 aliphatic carbocycles. The number of nitrogens with one attached hydrogen (secondary N) is 1. The Morgan fingerprint density at radius 2 is 1.44 bits per heavy atom. The third kappa shape index (κ3) is 4.70. The minimum atomic E-state index is -3.00. The van der Waals surface area contributed by atoms with E-state index in [0.29, 0.717) is 0 Å². The van der Waals surface area contributed by atoms with Crippen LogP contribution in [-0.4, -0.2) is 12.5 Å². The summed E-state index contributed by atoms with van der Waals surface area (Å²) in [7, 11) is 0. The zero-order valence-corrected chi connectivity index (χ0v) is 14.7. The number of amides is 1. The molecule has 1 amide bonds. The van der Waals surface area contributed by atoms with Gasteiger partial charge < -0.3 is 10.1 Å². The number of rotatable bonds is 6. The van der Waals surface area contributed by atoms with Gasteiger partial charge in [0.1, 0.15) is 5.75 Å². The molecule has 0 heterocycles. The highest BCUT2D eigenvalue weighted by molar-refractivity contribution is 5.97. The van der Waals surface area contributed by atoms with Gasteiger partial charge in [-0.1, -0.05) is 72.3 Å². The molecule has 0 fully saturated rings. The number of carbonyl (C=O) groups excluding carboxylic acids is 1. The summed E-state index contributed by atoms with van der Waals surface area (Å²) in [6.45, 7) is -1.02. The number of para-hydroxylation sites is 1. The normalized spacial score (nSPS) is 11.9. The Balaban J connectivity index is 1.93. The number of hydrogen-bond acceptors (Lipinski definition) is 2. The first-order valence-electron chi connectivity index (χ1n) is 8.51. The van der Waals surface area contributed by atoms with Crippen LogP contribution >= 0.6 is 0 Å². The van der Waals surface area contributed by atoms with Crippen molar-refractivity contribution in [2.45, 2.75) is 19.6 Å². The van der Waals surface area contributed by atoms with E-state index in [2.05, 4.69) is 10.1 Å². The van der Waals surface area contributed by atoms with Crippen molar-refractivity contribution >= 4 is 5.91 Å². The van der Waals surface area contributed by atoms with E-state index < -0.39 is 18.6 Å². The van der Waals surface area contributed by atoms with Crippen LogP contribution in [0.4, 0.5) is 8.78 Å². The van der Waals surface area contributed by atoms with Crippen LogP contribution in [0.2, 0.25) is 0 Å². The van der Waals surface area contributed by atoms with Gasteiger partial charge >= 0.3 is 6.61 Å².